The van der Waals surface area contributed by atoms with E-state index in [2.05, 4.69) is 14.8 Å². The third-order valence-electron chi connectivity index (χ3n) is 3.50. The maximum absolute atomic E-state index is 12.2. The van der Waals surface area contributed by atoms with Crippen molar-refractivity contribution in [1.29, 1.82) is 0 Å². The van der Waals surface area contributed by atoms with Gasteiger partial charge in [0.15, 0.2) is 0 Å². The Kier molecular flexibility index (Phi) is 7.00. The summed E-state index contributed by atoms with van der Waals surface area (Å²) in [5.74, 6) is 0.0830. The van der Waals surface area contributed by atoms with Crippen molar-refractivity contribution in [3.05, 3.63) is 54.1 Å². The predicted molar refractivity (Wildman–Crippen MR) is 105 cm³/mol. The molecule has 9 nitrogen and oxygen atoms in total. The Balaban J connectivity index is 1.89. The van der Waals surface area contributed by atoms with E-state index in [1.165, 1.54) is 55.6 Å². The van der Waals surface area contributed by atoms with Crippen molar-refractivity contribution in [3.8, 4) is 5.75 Å². The number of anilines is 1. The summed E-state index contributed by atoms with van der Waals surface area (Å²) < 4.78 is 56.6. The van der Waals surface area contributed by atoms with Crippen LogP contribution in [0.3, 0.4) is 0 Å². The molecule has 0 aromatic heterocycles. The third-order valence-corrected chi connectivity index (χ3v) is 5.58. The van der Waals surface area contributed by atoms with Crippen molar-refractivity contribution in [2.75, 3.05) is 31.2 Å². The fourth-order valence-electron chi connectivity index (χ4n) is 2.24. The Hall–Kier alpha value is -2.63. The molecule has 3 N–H and O–H groups in total. The molecule has 0 saturated heterocycles. The lowest BCUT2D eigenvalue weighted by atomic mass is 10.2. The molecule has 0 radical (unpaired) electrons. The first-order chi connectivity index (χ1) is 13.1. The van der Waals surface area contributed by atoms with Gasteiger partial charge in [-0.1, -0.05) is 6.07 Å². The van der Waals surface area contributed by atoms with Gasteiger partial charge in [-0.3, -0.25) is 9.52 Å². The zero-order valence-electron chi connectivity index (χ0n) is 15.3. The van der Waals surface area contributed by atoms with E-state index in [9.17, 15) is 21.6 Å². The van der Waals surface area contributed by atoms with Crippen molar-refractivity contribution in [3.63, 3.8) is 0 Å². The third kappa shape index (κ3) is 6.51. The van der Waals surface area contributed by atoms with E-state index < -0.39 is 26.0 Å². The second kappa shape index (κ2) is 9.04. The standard InChI is InChI=1S/C17H21N3O6S2/c1-26-15-6-8-16(9-7-15)28(24,25)19-11-10-18-17(21)13-4-3-5-14(12-13)20-27(2,22)23/h3-9,12,19-20H,10-11H2,1-2H3,(H,18,21). The summed E-state index contributed by atoms with van der Waals surface area (Å²) in [7, 11) is -5.68. The average Bonchev–Trinajstić information content (AvgIpc) is 2.64. The maximum atomic E-state index is 12.2. The second-order valence-electron chi connectivity index (χ2n) is 5.78. The summed E-state index contributed by atoms with van der Waals surface area (Å²) in [6.45, 7) is 0.0410. The normalized spacial score (nSPS) is 11.6. The lowest BCUT2D eigenvalue weighted by Gasteiger charge is -2.10. The second-order valence-corrected chi connectivity index (χ2v) is 9.30. The Bertz CT molecular complexity index is 1030. The largest absolute Gasteiger partial charge is 0.497 e. The molecular formula is C17H21N3O6S2. The summed E-state index contributed by atoms with van der Waals surface area (Å²) in [6, 6.07) is 11.9. The maximum Gasteiger partial charge on any atom is 0.251 e. The molecular weight excluding hydrogens is 406 g/mol. The number of ether oxygens (including phenoxy) is 1. The number of rotatable bonds is 9. The monoisotopic (exact) mass is 427 g/mol. The topological polar surface area (TPSA) is 131 Å². The minimum atomic E-state index is -3.71. The Morgan fingerprint density at radius 1 is 1.00 bits per heavy atom. The molecule has 2 aromatic carbocycles. The van der Waals surface area contributed by atoms with Gasteiger partial charge in [-0.05, 0) is 42.5 Å². The van der Waals surface area contributed by atoms with Gasteiger partial charge in [0, 0.05) is 24.3 Å². The number of sulfonamides is 2. The van der Waals surface area contributed by atoms with Crippen LogP contribution in [-0.2, 0) is 20.0 Å². The van der Waals surface area contributed by atoms with Gasteiger partial charge in [-0.15, -0.1) is 0 Å². The molecule has 11 heteroatoms. The predicted octanol–water partition coefficient (Wildman–Crippen LogP) is 0.775. The number of carbonyl (C=O) groups excluding carboxylic acids is 1. The molecule has 0 aliphatic rings. The smallest absolute Gasteiger partial charge is 0.251 e. The Morgan fingerprint density at radius 2 is 1.68 bits per heavy atom. The first kappa shape index (κ1) is 21.7. The molecule has 0 unspecified atom stereocenters. The van der Waals surface area contributed by atoms with E-state index in [-0.39, 0.29) is 29.2 Å². The number of hydrogen-bond donors (Lipinski definition) is 3. The zero-order valence-corrected chi connectivity index (χ0v) is 16.9. The number of carbonyl (C=O) groups is 1. The fraction of sp³-hybridized carbons (Fsp3) is 0.235. The van der Waals surface area contributed by atoms with Gasteiger partial charge in [0.2, 0.25) is 20.0 Å². The molecule has 2 aromatic rings. The van der Waals surface area contributed by atoms with Crippen LogP contribution in [0.25, 0.3) is 0 Å². The highest BCUT2D eigenvalue weighted by atomic mass is 32.2. The van der Waals surface area contributed by atoms with Crippen LogP contribution in [0, 0.1) is 0 Å². The average molecular weight is 428 g/mol. The SMILES string of the molecule is COc1ccc(S(=O)(=O)NCCNC(=O)c2cccc(NS(C)(=O)=O)c2)cc1. The van der Waals surface area contributed by atoms with E-state index in [0.717, 1.165) is 6.26 Å². The van der Waals surface area contributed by atoms with Crippen LogP contribution in [-0.4, -0.2) is 49.2 Å². The molecule has 0 spiro atoms. The van der Waals surface area contributed by atoms with Gasteiger partial charge in [0.1, 0.15) is 5.75 Å². The summed E-state index contributed by atoms with van der Waals surface area (Å²) in [6.07, 6.45) is 1.01. The van der Waals surface area contributed by atoms with Gasteiger partial charge >= 0.3 is 0 Å². The Labute approximate surface area is 164 Å². The van der Waals surface area contributed by atoms with E-state index >= 15 is 0 Å². The molecule has 0 aliphatic carbocycles. The Morgan fingerprint density at radius 3 is 2.29 bits per heavy atom. The molecule has 0 heterocycles. The minimum absolute atomic E-state index is 0.0125. The molecule has 0 atom stereocenters. The summed E-state index contributed by atoms with van der Waals surface area (Å²) in [5.41, 5.74) is 0.502. The summed E-state index contributed by atoms with van der Waals surface area (Å²) in [4.78, 5) is 12.2. The molecule has 28 heavy (non-hydrogen) atoms. The molecule has 0 aliphatic heterocycles. The van der Waals surface area contributed by atoms with Crippen LogP contribution in [0.1, 0.15) is 10.4 Å². The number of benzene rings is 2. The summed E-state index contributed by atoms with van der Waals surface area (Å²) in [5, 5.41) is 2.57. The van der Waals surface area contributed by atoms with Gasteiger partial charge in [-0.2, -0.15) is 0 Å². The van der Waals surface area contributed by atoms with E-state index in [1.807, 2.05) is 0 Å². The minimum Gasteiger partial charge on any atom is -0.497 e. The highest BCUT2D eigenvalue weighted by Crippen LogP contribution is 2.15. The summed E-state index contributed by atoms with van der Waals surface area (Å²) >= 11 is 0. The van der Waals surface area contributed by atoms with Crippen molar-refractivity contribution < 1.29 is 26.4 Å². The number of hydrogen-bond acceptors (Lipinski definition) is 6. The van der Waals surface area contributed by atoms with Crippen LogP contribution >= 0.6 is 0 Å². The molecule has 152 valence electrons. The van der Waals surface area contributed by atoms with Gasteiger partial charge in [-0.25, -0.2) is 21.6 Å². The van der Waals surface area contributed by atoms with Gasteiger partial charge < -0.3 is 10.1 Å². The zero-order chi connectivity index (χ0) is 20.8. The van der Waals surface area contributed by atoms with Crippen LogP contribution in [0.5, 0.6) is 5.75 Å². The van der Waals surface area contributed by atoms with Crippen molar-refractivity contribution >= 4 is 31.6 Å². The van der Waals surface area contributed by atoms with Gasteiger partial charge in [0.05, 0.1) is 18.3 Å². The van der Waals surface area contributed by atoms with Crippen LogP contribution in [0.4, 0.5) is 5.69 Å². The molecule has 0 saturated carbocycles. The lowest BCUT2D eigenvalue weighted by molar-refractivity contribution is 0.0954. The molecule has 1 amide bonds. The van der Waals surface area contributed by atoms with Gasteiger partial charge in [0.25, 0.3) is 5.91 Å². The van der Waals surface area contributed by atoms with Crippen molar-refractivity contribution in [1.82, 2.24) is 10.0 Å². The molecule has 0 bridgehead atoms. The fourth-order valence-corrected chi connectivity index (χ4v) is 3.83. The number of amides is 1. The van der Waals surface area contributed by atoms with Crippen LogP contribution in [0.15, 0.2) is 53.4 Å². The first-order valence-electron chi connectivity index (χ1n) is 8.10. The highest BCUT2D eigenvalue weighted by molar-refractivity contribution is 7.92. The van der Waals surface area contributed by atoms with Crippen LogP contribution < -0.4 is 19.5 Å². The molecule has 2 rings (SSSR count). The van der Waals surface area contributed by atoms with Crippen molar-refractivity contribution in [2.24, 2.45) is 0 Å². The van der Waals surface area contributed by atoms with Crippen molar-refractivity contribution in [2.45, 2.75) is 4.90 Å². The highest BCUT2D eigenvalue weighted by Gasteiger charge is 2.14. The number of nitrogens with one attached hydrogen (secondary N) is 3. The first-order valence-corrected chi connectivity index (χ1v) is 11.5. The molecule has 0 fully saturated rings. The van der Waals surface area contributed by atoms with Crippen LogP contribution in [0.2, 0.25) is 0 Å². The van der Waals surface area contributed by atoms with E-state index in [0.29, 0.717) is 5.75 Å². The number of methoxy groups -OCH3 is 1. The van der Waals surface area contributed by atoms with E-state index in [4.69, 9.17) is 4.74 Å². The quantitative estimate of drug-likeness (QED) is 0.507. The lowest BCUT2D eigenvalue weighted by Crippen LogP contribution is -2.34. The van der Waals surface area contributed by atoms with E-state index in [1.54, 1.807) is 0 Å².